The first-order chi connectivity index (χ1) is 14.5. The van der Waals surface area contributed by atoms with E-state index in [2.05, 4.69) is 4.18 Å². The van der Waals surface area contributed by atoms with Crippen LogP contribution in [0.3, 0.4) is 0 Å². The van der Waals surface area contributed by atoms with Gasteiger partial charge >= 0.3 is 36.7 Å². The van der Waals surface area contributed by atoms with Crippen LogP contribution in [0.25, 0.3) is 0 Å². The lowest BCUT2D eigenvalue weighted by Gasteiger charge is -2.29. The Labute approximate surface area is 184 Å². The van der Waals surface area contributed by atoms with Crippen molar-refractivity contribution in [3.63, 3.8) is 0 Å². The highest BCUT2D eigenvalue weighted by Gasteiger charge is 2.83. The maximum atomic E-state index is 13.8. The number of carbonyl (C=O) groups is 1. The molecule has 0 amide bonds. The number of hydrogen-bond acceptors (Lipinski definition) is 8. The average molecular weight is 550 g/mol. The zero-order valence-electron chi connectivity index (χ0n) is 16.5. The van der Waals surface area contributed by atoms with Crippen molar-refractivity contribution in [2.45, 2.75) is 41.6 Å². The van der Waals surface area contributed by atoms with Gasteiger partial charge in [0.15, 0.2) is 15.6 Å². The van der Waals surface area contributed by atoms with Crippen LogP contribution in [0.1, 0.15) is 20.3 Å². The zero-order chi connectivity index (χ0) is 26.3. The second-order valence-electron chi connectivity index (χ2n) is 6.63. The minimum atomic E-state index is -7.19. The van der Waals surface area contributed by atoms with Gasteiger partial charge in [-0.2, -0.15) is 43.2 Å². The first-order valence-corrected chi connectivity index (χ1v) is 12.9. The Bertz CT molecular complexity index is 1210. The number of sulfone groups is 1. The first-order valence-electron chi connectivity index (χ1n) is 8.45. The van der Waals surface area contributed by atoms with Gasteiger partial charge in [-0.1, -0.05) is 13.8 Å². The van der Waals surface area contributed by atoms with Crippen molar-refractivity contribution in [2.24, 2.45) is 5.92 Å². The quantitative estimate of drug-likeness (QED) is 0.249. The summed E-state index contributed by atoms with van der Waals surface area (Å²) in [5.74, 6) is -10.7. The monoisotopic (exact) mass is 550 g/mol. The van der Waals surface area contributed by atoms with Gasteiger partial charge in [0.1, 0.15) is 11.5 Å². The van der Waals surface area contributed by atoms with Crippen LogP contribution >= 0.6 is 0 Å². The standard InChI is InChI=1S/C15H16F6O9S3/c1-3-9(2)12(22)8-31(23,24)11-6-4-10(5-7-11)30-33(28,29)15(20,21)13(16,17)14(18,19)32(25,26)27/h4-7,9H,3,8H2,1-2H3,(H,25,26,27). The molecule has 1 aromatic rings. The molecule has 0 bridgehead atoms. The fourth-order valence-corrected chi connectivity index (χ4v) is 4.82. The van der Waals surface area contributed by atoms with Gasteiger partial charge in [-0.3, -0.25) is 9.35 Å². The van der Waals surface area contributed by atoms with Gasteiger partial charge in [0.05, 0.1) is 4.90 Å². The summed E-state index contributed by atoms with van der Waals surface area (Å²) in [4.78, 5) is 11.2. The van der Waals surface area contributed by atoms with Gasteiger partial charge in [0.2, 0.25) is 0 Å². The Morgan fingerprint density at radius 3 is 1.79 bits per heavy atom. The largest absolute Gasteiger partial charge is 0.450 e. The molecule has 0 aromatic heterocycles. The minimum absolute atomic E-state index is 0.328. The highest BCUT2D eigenvalue weighted by atomic mass is 32.2. The fourth-order valence-electron chi connectivity index (χ4n) is 2.01. The lowest BCUT2D eigenvalue weighted by Crippen LogP contribution is -2.61. The molecule has 0 saturated carbocycles. The summed E-state index contributed by atoms with van der Waals surface area (Å²) in [5, 5.41) is -13.8. The fraction of sp³-hybridized carbons (Fsp3) is 0.533. The number of hydrogen-bond donors (Lipinski definition) is 1. The summed E-state index contributed by atoms with van der Waals surface area (Å²) in [6.45, 7) is 3.08. The van der Waals surface area contributed by atoms with Gasteiger partial charge in [-0.15, -0.1) is 0 Å². The van der Waals surface area contributed by atoms with Crippen LogP contribution in [0.4, 0.5) is 26.3 Å². The number of alkyl halides is 6. The maximum Gasteiger partial charge on any atom is 0.450 e. The molecule has 0 spiro atoms. The van der Waals surface area contributed by atoms with Crippen LogP contribution in [-0.2, 0) is 34.9 Å². The molecule has 0 aliphatic heterocycles. The topological polar surface area (TPSA) is 149 Å². The van der Waals surface area contributed by atoms with Crippen LogP contribution in [-0.4, -0.2) is 57.8 Å². The molecule has 0 fully saturated rings. The number of benzene rings is 1. The van der Waals surface area contributed by atoms with E-state index < -0.39 is 74.6 Å². The number of halogens is 6. The van der Waals surface area contributed by atoms with Gasteiger partial charge in [0, 0.05) is 5.92 Å². The molecular formula is C15H16F6O9S3. The average Bonchev–Trinajstić information content (AvgIpc) is 2.65. The van der Waals surface area contributed by atoms with Gasteiger partial charge in [-0.25, -0.2) is 8.42 Å². The van der Waals surface area contributed by atoms with Crippen LogP contribution in [0.15, 0.2) is 29.2 Å². The molecule has 0 aliphatic carbocycles. The van der Waals surface area contributed by atoms with Crippen LogP contribution < -0.4 is 4.18 Å². The van der Waals surface area contributed by atoms with Gasteiger partial charge in [0.25, 0.3) is 0 Å². The summed E-state index contributed by atoms with van der Waals surface area (Å²) in [6, 6.07) is 1.89. The maximum absolute atomic E-state index is 13.8. The van der Waals surface area contributed by atoms with Gasteiger partial charge in [-0.05, 0) is 30.7 Å². The normalized spacial score (nSPS) is 15.2. The molecule has 33 heavy (non-hydrogen) atoms. The van der Waals surface area contributed by atoms with Crippen molar-refractivity contribution in [3.05, 3.63) is 24.3 Å². The first kappa shape index (κ1) is 29.1. The van der Waals surface area contributed by atoms with E-state index in [1.165, 1.54) is 6.92 Å². The van der Waals surface area contributed by atoms with E-state index in [-0.39, 0.29) is 0 Å². The molecule has 0 radical (unpaired) electrons. The van der Waals surface area contributed by atoms with Crippen LogP contribution in [0.2, 0.25) is 0 Å². The van der Waals surface area contributed by atoms with E-state index in [4.69, 9.17) is 4.55 Å². The van der Waals surface area contributed by atoms with E-state index in [9.17, 15) is 56.4 Å². The smallest absolute Gasteiger partial charge is 0.378 e. The van der Waals surface area contributed by atoms with E-state index in [1.807, 2.05) is 0 Å². The number of Topliss-reactive ketones (excluding diaryl/α,β-unsaturated/α-hetero) is 1. The molecule has 190 valence electrons. The SMILES string of the molecule is CCC(C)C(=O)CS(=O)(=O)c1ccc(OS(=O)(=O)C(F)(F)C(F)(F)C(F)(F)S(=O)(=O)O)cc1. The summed E-state index contributed by atoms with van der Waals surface area (Å²) in [7, 11) is -18.5. The molecule has 0 saturated heterocycles. The number of rotatable bonds is 11. The summed E-state index contributed by atoms with van der Waals surface area (Å²) >= 11 is 0. The third-order valence-electron chi connectivity index (χ3n) is 4.25. The Balaban J connectivity index is 3.26. The second kappa shape index (κ2) is 9.03. The number of ketones is 1. The molecule has 1 atom stereocenters. The zero-order valence-corrected chi connectivity index (χ0v) is 19.0. The second-order valence-corrected chi connectivity index (χ2v) is 11.7. The molecule has 0 heterocycles. The van der Waals surface area contributed by atoms with E-state index in [0.717, 1.165) is 0 Å². The summed E-state index contributed by atoms with van der Waals surface area (Å²) in [5.41, 5.74) is 0. The predicted octanol–water partition coefficient (Wildman–Crippen LogP) is 2.49. The molecule has 9 nitrogen and oxygen atoms in total. The van der Waals surface area contributed by atoms with Crippen molar-refractivity contribution in [1.29, 1.82) is 0 Å². The van der Waals surface area contributed by atoms with E-state index >= 15 is 0 Å². The minimum Gasteiger partial charge on any atom is -0.378 e. The molecule has 1 unspecified atom stereocenters. The van der Waals surface area contributed by atoms with Crippen molar-refractivity contribution in [3.8, 4) is 5.75 Å². The predicted molar refractivity (Wildman–Crippen MR) is 98.9 cm³/mol. The number of carbonyl (C=O) groups excluding carboxylic acids is 1. The van der Waals surface area contributed by atoms with Crippen LogP contribution in [0.5, 0.6) is 5.75 Å². The highest BCUT2D eigenvalue weighted by Crippen LogP contribution is 2.50. The Morgan fingerprint density at radius 1 is 0.939 bits per heavy atom. The lowest BCUT2D eigenvalue weighted by atomic mass is 10.1. The van der Waals surface area contributed by atoms with Crippen molar-refractivity contribution in [1.82, 2.24) is 0 Å². The van der Waals surface area contributed by atoms with Crippen molar-refractivity contribution in [2.75, 3.05) is 5.75 Å². The molecule has 0 aliphatic rings. The Kier molecular flexibility index (Phi) is 7.96. The van der Waals surface area contributed by atoms with Crippen molar-refractivity contribution >= 4 is 35.9 Å². The van der Waals surface area contributed by atoms with E-state index in [1.54, 1.807) is 6.92 Å². The summed E-state index contributed by atoms with van der Waals surface area (Å²) in [6.07, 6.45) is 0.328. The molecule has 1 aromatic carbocycles. The summed E-state index contributed by atoms with van der Waals surface area (Å²) < 4.78 is 161. The molecule has 18 heteroatoms. The van der Waals surface area contributed by atoms with E-state index in [0.29, 0.717) is 30.7 Å². The Hall–Kier alpha value is -1.92. The third kappa shape index (κ3) is 5.43. The Morgan fingerprint density at radius 2 is 1.39 bits per heavy atom. The lowest BCUT2D eigenvalue weighted by molar-refractivity contribution is -0.247. The van der Waals surface area contributed by atoms with Crippen molar-refractivity contribution < 1.29 is 65.1 Å². The third-order valence-corrected chi connectivity index (χ3v) is 8.11. The highest BCUT2D eigenvalue weighted by molar-refractivity contribution is 7.92. The molecular weight excluding hydrogens is 534 g/mol. The van der Waals surface area contributed by atoms with Crippen LogP contribution in [0, 0.1) is 5.92 Å². The molecule has 1 rings (SSSR count). The molecule has 1 N–H and O–H groups in total. The van der Waals surface area contributed by atoms with Gasteiger partial charge < -0.3 is 4.18 Å².